The van der Waals surface area contributed by atoms with E-state index in [0.717, 1.165) is 17.3 Å². The second-order valence-electron chi connectivity index (χ2n) is 4.62. The molecule has 0 unspecified atom stereocenters. The zero-order chi connectivity index (χ0) is 16.8. The predicted molar refractivity (Wildman–Crippen MR) is 84.4 cm³/mol. The number of para-hydroxylation sites is 1. The monoisotopic (exact) mass is 315 g/mol. The van der Waals surface area contributed by atoms with Gasteiger partial charge in [0, 0.05) is 24.5 Å². The second kappa shape index (κ2) is 7.26. The summed E-state index contributed by atoms with van der Waals surface area (Å²) in [6.07, 6.45) is 2.86. The third-order valence-electron chi connectivity index (χ3n) is 3.05. The first-order chi connectivity index (χ1) is 11.0. The van der Waals surface area contributed by atoms with Gasteiger partial charge in [0.25, 0.3) is 0 Å². The molecule has 0 saturated carbocycles. The van der Waals surface area contributed by atoms with Crippen molar-refractivity contribution < 1.29 is 19.1 Å². The number of aryl methyl sites for hydroxylation is 1. The summed E-state index contributed by atoms with van der Waals surface area (Å²) in [4.78, 5) is 23.3. The molecule has 0 fully saturated rings. The van der Waals surface area contributed by atoms with Gasteiger partial charge in [-0.25, -0.2) is 9.59 Å². The topological polar surface area (TPSA) is 82.5 Å². The van der Waals surface area contributed by atoms with Gasteiger partial charge in [0.05, 0.1) is 26.0 Å². The number of carbonyl (C=O) groups is 2. The second-order valence-corrected chi connectivity index (χ2v) is 4.62. The highest BCUT2D eigenvalue weighted by Crippen LogP contribution is 2.27. The van der Waals surface area contributed by atoms with Crippen LogP contribution in [0.3, 0.4) is 0 Å². The summed E-state index contributed by atoms with van der Waals surface area (Å²) in [5.41, 5.74) is 2.11. The largest absolute Gasteiger partial charge is 0.466 e. The molecule has 1 heterocycles. The van der Waals surface area contributed by atoms with Gasteiger partial charge in [0.15, 0.2) is 0 Å². The van der Waals surface area contributed by atoms with Crippen LogP contribution in [0.5, 0.6) is 0 Å². The molecule has 1 aromatic heterocycles. The normalized spacial score (nSPS) is 11.0. The van der Waals surface area contributed by atoms with Crippen molar-refractivity contribution in [1.82, 2.24) is 9.78 Å². The number of rotatable bonds is 5. The van der Waals surface area contributed by atoms with Crippen molar-refractivity contribution in [2.45, 2.75) is 0 Å². The quantitative estimate of drug-likeness (QED) is 0.668. The first kappa shape index (κ1) is 16.3. The summed E-state index contributed by atoms with van der Waals surface area (Å²) in [5, 5.41) is 7.25. The average Bonchev–Trinajstić information content (AvgIpc) is 3.00. The molecule has 0 bridgehead atoms. The van der Waals surface area contributed by atoms with Crippen LogP contribution in [0, 0.1) is 0 Å². The van der Waals surface area contributed by atoms with Crippen LogP contribution >= 0.6 is 0 Å². The molecule has 0 saturated heterocycles. The number of esters is 2. The number of aromatic nitrogens is 2. The van der Waals surface area contributed by atoms with Gasteiger partial charge in [0.1, 0.15) is 5.70 Å². The maximum Gasteiger partial charge on any atom is 0.354 e. The Morgan fingerprint density at radius 2 is 1.91 bits per heavy atom. The van der Waals surface area contributed by atoms with E-state index in [0.29, 0.717) is 5.69 Å². The molecule has 0 aliphatic rings. The highest BCUT2D eigenvalue weighted by Gasteiger charge is 2.15. The Balaban J connectivity index is 2.39. The van der Waals surface area contributed by atoms with Crippen molar-refractivity contribution in [2.75, 3.05) is 19.5 Å². The molecule has 0 aliphatic carbocycles. The molecule has 1 N–H and O–H groups in total. The lowest BCUT2D eigenvalue weighted by Gasteiger charge is -2.12. The van der Waals surface area contributed by atoms with Crippen LogP contribution in [-0.2, 0) is 26.1 Å². The maximum absolute atomic E-state index is 11.8. The van der Waals surface area contributed by atoms with Gasteiger partial charge in [-0.1, -0.05) is 18.2 Å². The van der Waals surface area contributed by atoms with E-state index in [1.54, 1.807) is 10.7 Å². The van der Waals surface area contributed by atoms with E-state index in [-0.39, 0.29) is 5.70 Å². The Bertz CT molecular complexity index is 749. The zero-order valence-electron chi connectivity index (χ0n) is 13.1. The van der Waals surface area contributed by atoms with Gasteiger partial charge in [-0.2, -0.15) is 5.10 Å². The van der Waals surface area contributed by atoms with Crippen LogP contribution in [0.2, 0.25) is 0 Å². The Hall–Kier alpha value is -3.09. The Labute approximate surface area is 133 Å². The summed E-state index contributed by atoms with van der Waals surface area (Å²) in [7, 11) is 4.28. The summed E-state index contributed by atoms with van der Waals surface area (Å²) in [6.45, 7) is 0. The fourth-order valence-electron chi connectivity index (χ4n) is 1.95. The van der Waals surface area contributed by atoms with Gasteiger partial charge in [0.2, 0.25) is 0 Å². The van der Waals surface area contributed by atoms with E-state index in [1.165, 1.54) is 14.2 Å². The van der Waals surface area contributed by atoms with Crippen LogP contribution < -0.4 is 5.32 Å². The number of anilines is 1. The fraction of sp³-hybridized carbons (Fsp3) is 0.188. The molecule has 0 atom stereocenters. The molecule has 1 aromatic carbocycles. The van der Waals surface area contributed by atoms with Gasteiger partial charge < -0.3 is 14.8 Å². The molecular weight excluding hydrogens is 298 g/mol. The lowest BCUT2D eigenvalue weighted by molar-refractivity contribution is -0.138. The SMILES string of the molecule is COC(=O)/C=C(/Nc1ccccc1-c1ccn(C)n1)C(=O)OC. The summed E-state index contributed by atoms with van der Waals surface area (Å²) < 4.78 is 10.9. The molecule has 2 rings (SSSR count). The maximum atomic E-state index is 11.8. The first-order valence-corrected chi connectivity index (χ1v) is 6.79. The van der Waals surface area contributed by atoms with Crippen molar-refractivity contribution in [3.05, 3.63) is 48.3 Å². The lowest BCUT2D eigenvalue weighted by atomic mass is 10.1. The number of ether oxygens (including phenoxy) is 2. The highest BCUT2D eigenvalue weighted by atomic mass is 16.5. The highest BCUT2D eigenvalue weighted by molar-refractivity contribution is 5.99. The molecular formula is C16H17N3O4. The van der Waals surface area contributed by atoms with E-state index >= 15 is 0 Å². The van der Waals surface area contributed by atoms with Crippen molar-refractivity contribution in [3.63, 3.8) is 0 Å². The number of benzene rings is 1. The molecule has 7 heteroatoms. The van der Waals surface area contributed by atoms with Crippen LogP contribution in [0.4, 0.5) is 5.69 Å². The van der Waals surface area contributed by atoms with E-state index in [9.17, 15) is 9.59 Å². The van der Waals surface area contributed by atoms with Gasteiger partial charge in [-0.3, -0.25) is 4.68 Å². The van der Waals surface area contributed by atoms with Crippen molar-refractivity contribution >= 4 is 17.6 Å². The van der Waals surface area contributed by atoms with E-state index in [2.05, 4.69) is 19.9 Å². The Kier molecular flexibility index (Phi) is 5.14. The summed E-state index contributed by atoms with van der Waals surface area (Å²) in [6, 6.07) is 9.15. The molecule has 7 nitrogen and oxygen atoms in total. The molecule has 0 amide bonds. The molecule has 2 aromatic rings. The molecule has 23 heavy (non-hydrogen) atoms. The van der Waals surface area contributed by atoms with Crippen LogP contribution in [0.25, 0.3) is 11.3 Å². The number of nitrogens with one attached hydrogen (secondary N) is 1. The summed E-state index contributed by atoms with van der Waals surface area (Å²) >= 11 is 0. The first-order valence-electron chi connectivity index (χ1n) is 6.79. The van der Waals surface area contributed by atoms with Crippen LogP contribution in [-0.4, -0.2) is 35.9 Å². The minimum Gasteiger partial charge on any atom is -0.466 e. The molecule has 0 spiro atoms. The third-order valence-corrected chi connectivity index (χ3v) is 3.05. The summed E-state index contributed by atoms with van der Waals surface area (Å²) in [5.74, 6) is -1.33. The standard InChI is InChI=1S/C16H17N3O4/c1-19-9-8-13(18-19)11-6-4-5-7-12(11)17-14(16(21)23-3)10-15(20)22-2/h4-10,17H,1-3H3/b14-10+. The van der Waals surface area contributed by atoms with E-state index in [1.807, 2.05) is 37.5 Å². The van der Waals surface area contributed by atoms with Crippen molar-refractivity contribution in [3.8, 4) is 11.3 Å². The smallest absolute Gasteiger partial charge is 0.354 e. The number of methoxy groups -OCH3 is 2. The number of hydrogen-bond acceptors (Lipinski definition) is 6. The minimum absolute atomic E-state index is 0.0252. The Morgan fingerprint density at radius 3 is 2.52 bits per heavy atom. The predicted octanol–water partition coefficient (Wildman–Crippen LogP) is 1.73. The lowest BCUT2D eigenvalue weighted by Crippen LogP contribution is -2.16. The minimum atomic E-state index is -0.675. The third kappa shape index (κ3) is 3.97. The Morgan fingerprint density at radius 1 is 1.17 bits per heavy atom. The van der Waals surface area contributed by atoms with Gasteiger partial charge >= 0.3 is 11.9 Å². The average molecular weight is 315 g/mol. The van der Waals surface area contributed by atoms with Crippen LogP contribution in [0.1, 0.15) is 0 Å². The van der Waals surface area contributed by atoms with Crippen molar-refractivity contribution in [1.29, 1.82) is 0 Å². The van der Waals surface area contributed by atoms with Crippen LogP contribution in [0.15, 0.2) is 48.3 Å². The molecule has 0 aliphatic heterocycles. The van der Waals surface area contributed by atoms with Gasteiger partial charge in [-0.15, -0.1) is 0 Å². The van der Waals surface area contributed by atoms with E-state index in [4.69, 9.17) is 0 Å². The zero-order valence-corrected chi connectivity index (χ0v) is 13.1. The number of carbonyl (C=O) groups excluding carboxylic acids is 2. The van der Waals surface area contributed by atoms with Crippen molar-refractivity contribution in [2.24, 2.45) is 7.05 Å². The molecule has 0 radical (unpaired) electrons. The number of nitrogens with zero attached hydrogens (tertiary/aromatic N) is 2. The van der Waals surface area contributed by atoms with E-state index < -0.39 is 11.9 Å². The molecule has 120 valence electrons. The fourth-order valence-corrected chi connectivity index (χ4v) is 1.95. The van der Waals surface area contributed by atoms with Gasteiger partial charge in [-0.05, 0) is 12.1 Å². The number of hydrogen-bond donors (Lipinski definition) is 1.